The standard InChI is InChI=1S/C16H13F3N2O4/c1-24-15(23)10-3-2-4-12(7-10)21-14(22)11-5-6-13(20-8-11)25-9-16(17,18)19/h2-8H,9H2,1H3,(H,21,22). The summed E-state index contributed by atoms with van der Waals surface area (Å²) in [5.41, 5.74) is 0.724. The van der Waals surface area contributed by atoms with E-state index in [2.05, 4.69) is 19.8 Å². The van der Waals surface area contributed by atoms with Gasteiger partial charge in [-0.2, -0.15) is 13.2 Å². The number of pyridine rings is 1. The molecule has 0 radical (unpaired) electrons. The van der Waals surface area contributed by atoms with Gasteiger partial charge in [-0.15, -0.1) is 0 Å². The number of esters is 1. The van der Waals surface area contributed by atoms with E-state index in [4.69, 9.17) is 0 Å². The van der Waals surface area contributed by atoms with E-state index in [0.29, 0.717) is 5.69 Å². The molecule has 0 spiro atoms. The summed E-state index contributed by atoms with van der Waals surface area (Å²) in [5.74, 6) is -1.35. The average molecular weight is 354 g/mol. The van der Waals surface area contributed by atoms with Crippen molar-refractivity contribution in [3.05, 3.63) is 53.7 Å². The van der Waals surface area contributed by atoms with Gasteiger partial charge in [0.05, 0.1) is 18.2 Å². The normalized spacial score (nSPS) is 10.9. The van der Waals surface area contributed by atoms with Crippen molar-refractivity contribution in [1.82, 2.24) is 4.98 Å². The highest BCUT2D eigenvalue weighted by atomic mass is 19.4. The molecular weight excluding hydrogens is 341 g/mol. The van der Waals surface area contributed by atoms with Crippen LogP contribution in [0.1, 0.15) is 20.7 Å². The molecule has 25 heavy (non-hydrogen) atoms. The first-order valence-corrected chi connectivity index (χ1v) is 6.94. The van der Waals surface area contributed by atoms with E-state index < -0.39 is 24.7 Å². The smallest absolute Gasteiger partial charge is 0.422 e. The van der Waals surface area contributed by atoms with Crippen LogP contribution in [0.25, 0.3) is 0 Å². The predicted octanol–water partition coefficient (Wildman–Crippen LogP) is 3.06. The lowest BCUT2D eigenvalue weighted by molar-refractivity contribution is -0.154. The molecule has 0 saturated carbocycles. The van der Waals surface area contributed by atoms with Crippen molar-refractivity contribution < 1.29 is 32.2 Å². The van der Waals surface area contributed by atoms with Gasteiger partial charge in [0.25, 0.3) is 5.91 Å². The van der Waals surface area contributed by atoms with Crippen molar-refractivity contribution >= 4 is 17.6 Å². The lowest BCUT2D eigenvalue weighted by Gasteiger charge is -2.09. The molecule has 2 aromatic rings. The van der Waals surface area contributed by atoms with Crippen LogP contribution in [0.4, 0.5) is 18.9 Å². The highest BCUT2D eigenvalue weighted by Crippen LogP contribution is 2.18. The van der Waals surface area contributed by atoms with Crippen molar-refractivity contribution in [2.45, 2.75) is 6.18 Å². The molecule has 0 aliphatic heterocycles. The minimum atomic E-state index is -4.47. The molecule has 0 saturated heterocycles. The van der Waals surface area contributed by atoms with Crippen LogP contribution in [0.2, 0.25) is 0 Å². The van der Waals surface area contributed by atoms with Crippen LogP contribution in [-0.2, 0) is 4.74 Å². The summed E-state index contributed by atoms with van der Waals surface area (Å²) >= 11 is 0. The second-order valence-electron chi connectivity index (χ2n) is 4.82. The Morgan fingerprint density at radius 2 is 1.92 bits per heavy atom. The number of anilines is 1. The zero-order valence-corrected chi connectivity index (χ0v) is 13.0. The quantitative estimate of drug-likeness (QED) is 0.835. The SMILES string of the molecule is COC(=O)c1cccc(NC(=O)c2ccc(OCC(F)(F)F)nc2)c1. The number of carbonyl (C=O) groups excluding carboxylic acids is 2. The Bertz CT molecular complexity index is 761. The third-order valence-corrected chi connectivity index (χ3v) is 2.92. The summed E-state index contributed by atoms with van der Waals surface area (Å²) in [5, 5.41) is 2.55. The minimum absolute atomic E-state index is 0.114. The van der Waals surface area contributed by atoms with E-state index in [1.807, 2.05) is 0 Å². The number of halogens is 3. The molecule has 1 amide bonds. The largest absolute Gasteiger partial charge is 0.468 e. The molecule has 0 fully saturated rings. The van der Waals surface area contributed by atoms with Gasteiger partial charge in [0.2, 0.25) is 5.88 Å². The highest BCUT2D eigenvalue weighted by Gasteiger charge is 2.28. The molecule has 2 rings (SSSR count). The third kappa shape index (κ3) is 5.48. The van der Waals surface area contributed by atoms with Gasteiger partial charge in [-0.25, -0.2) is 9.78 Å². The Morgan fingerprint density at radius 3 is 2.52 bits per heavy atom. The van der Waals surface area contributed by atoms with Crippen molar-refractivity contribution in [3.8, 4) is 5.88 Å². The van der Waals surface area contributed by atoms with Gasteiger partial charge in [-0.05, 0) is 24.3 Å². The number of rotatable bonds is 5. The van der Waals surface area contributed by atoms with E-state index in [0.717, 1.165) is 12.3 Å². The van der Waals surface area contributed by atoms with Crippen LogP contribution in [0.15, 0.2) is 42.6 Å². The number of hydrogen-bond acceptors (Lipinski definition) is 5. The number of carbonyl (C=O) groups is 2. The van der Waals surface area contributed by atoms with Gasteiger partial charge in [-0.3, -0.25) is 4.79 Å². The van der Waals surface area contributed by atoms with Crippen molar-refractivity contribution in [3.63, 3.8) is 0 Å². The summed E-state index contributed by atoms with van der Waals surface area (Å²) in [6, 6.07) is 8.52. The minimum Gasteiger partial charge on any atom is -0.468 e. The molecule has 6 nitrogen and oxygen atoms in total. The number of nitrogens with one attached hydrogen (secondary N) is 1. The first kappa shape index (κ1) is 18.2. The fourth-order valence-corrected chi connectivity index (χ4v) is 1.80. The Labute approximate surface area is 140 Å². The van der Waals surface area contributed by atoms with Crippen LogP contribution in [0, 0.1) is 0 Å². The zero-order chi connectivity index (χ0) is 18.4. The van der Waals surface area contributed by atoms with E-state index in [9.17, 15) is 22.8 Å². The molecule has 0 bridgehead atoms. The molecule has 1 aromatic heterocycles. The van der Waals surface area contributed by atoms with Crippen molar-refractivity contribution in [1.29, 1.82) is 0 Å². The summed E-state index contributed by atoms with van der Waals surface area (Å²) in [4.78, 5) is 27.2. The monoisotopic (exact) mass is 354 g/mol. The van der Waals surface area contributed by atoms with Crippen LogP contribution in [0.5, 0.6) is 5.88 Å². The second-order valence-corrected chi connectivity index (χ2v) is 4.82. The van der Waals surface area contributed by atoms with E-state index in [-0.39, 0.29) is 17.0 Å². The summed E-state index contributed by atoms with van der Waals surface area (Å²) in [7, 11) is 1.24. The zero-order valence-electron chi connectivity index (χ0n) is 13.0. The lowest BCUT2D eigenvalue weighted by Crippen LogP contribution is -2.19. The first-order chi connectivity index (χ1) is 11.8. The fourth-order valence-electron chi connectivity index (χ4n) is 1.80. The summed E-state index contributed by atoms with van der Waals surface area (Å²) in [6.07, 6.45) is -3.38. The molecule has 1 N–H and O–H groups in total. The molecular formula is C16H13F3N2O4. The third-order valence-electron chi connectivity index (χ3n) is 2.92. The molecule has 1 aromatic carbocycles. The van der Waals surface area contributed by atoms with Gasteiger partial charge < -0.3 is 14.8 Å². The Kier molecular flexibility index (Phi) is 5.58. The number of hydrogen-bond donors (Lipinski definition) is 1. The van der Waals surface area contributed by atoms with Gasteiger partial charge >= 0.3 is 12.1 Å². The number of amides is 1. The van der Waals surface area contributed by atoms with Crippen molar-refractivity contribution in [2.24, 2.45) is 0 Å². The van der Waals surface area contributed by atoms with E-state index in [1.165, 1.54) is 25.3 Å². The lowest BCUT2D eigenvalue weighted by atomic mass is 10.2. The van der Waals surface area contributed by atoms with Crippen LogP contribution in [0.3, 0.4) is 0 Å². The fraction of sp³-hybridized carbons (Fsp3) is 0.188. The maximum Gasteiger partial charge on any atom is 0.422 e. The van der Waals surface area contributed by atoms with Gasteiger partial charge in [-0.1, -0.05) is 6.07 Å². The molecule has 1 heterocycles. The number of nitrogens with zero attached hydrogens (tertiary/aromatic N) is 1. The maximum atomic E-state index is 12.1. The van der Waals surface area contributed by atoms with Gasteiger partial charge in [0, 0.05) is 18.0 Å². The number of ether oxygens (including phenoxy) is 2. The topological polar surface area (TPSA) is 77.5 Å². The Balaban J connectivity index is 2.02. The number of methoxy groups -OCH3 is 1. The maximum absolute atomic E-state index is 12.1. The Hall–Kier alpha value is -3.10. The van der Waals surface area contributed by atoms with Crippen molar-refractivity contribution in [2.75, 3.05) is 19.0 Å². The van der Waals surface area contributed by atoms with E-state index >= 15 is 0 Å². The van der Waals surface area contributed by atoms with Crippen LogP contribution >= 0.6 is 0 Å². The number of alkyl halides is 3. The van der Waals surface area contributed by atoms with Crippen LogP contribution in [-0.4, -0.2) is 36.8 Å². The summed E-state index contributed by atoms with van der Waals surface area (Å²) in [6.45, 7) is -1.47. The molecule has 0 unspecified atom stereocenters. The van der Waals surface area contributed by atoms with Gasteiger partial charge in [0.15, 0.2) is 6.61 Å². The Morgan fingerprint density at radius 1 is 1.16 bits per heavy atom. The van der Waals surface area contributed by atoms with Gasteiger partial charge in [0.1, 0.15) is 0 Å². The molecule has 132 valence electrons. The average Bonchev–Trinajstić information content (AvgIpc) is 2.59. The number of benzene rings is 1. The molecule has 0 aliphatic carbocycles. The molecule has 9 heteroatoms. The second kappa shape index (κ2) is 7.65. The molecule has 0 atom stereocenters. The summed E-state index contributed by atoms with van der Waals surface area (Å²) < 4.78 is 45.2. The van der Waals surface area contributed by atoms with E-state index in [1.54, 1.807) is 12.1 Å². The highest BCUT2D eigenvalue weighted by molar-refractivity contribution is 6.04. The first-order valence-electron chi connectivity index (χ1n) is 6.94. The predicted molar refractivity (Wildman–Crippen MR) is 81.5 cm³/mol. The van der Waals surface area contributed by atoms with Crippen LogP contribution < -0.4 is 10.1 Å². The molecule has 0 aliphatic rings. The number of aromatic nitrogens is 1.